The monoisotopic (exact) mass is 279 g/mol. The van der Waals surface area contributed by atoms with Gasteiger partial charge in [0.05, 0.1) is 0 Å². The van der Waals surface area contributed by atoms with Gasteiger partial charge in [0.15, 0.2) is 0 Å². The second-order valence-corrected chi connectivity index (χ2v) is 4.03. The molecule has 0 fully saturated rings. The zero-order valence-electron chi connectivity index (χ0n) is 8.21. The molecule has 0 aromatic heterocycles. The van der Waals surface area contributed by atoms with Crippen molar-refractivity contribution in [3.8, 4) is 5.75 Å². The van der Waals surface area contributed by atoms with Crippen molar-refractivity contribution in [1.29, 1.82) is 0 Å². The Kier molecular flexibility index (Phi) is 4.47. The highest BCUT2D eigenvalue weighted by molar-refractivity contribution is 9.10. The van der Waals surface area contributed by atoms with E-state index in [4.69, 9.17) is 10.5 Å². The number of alkyl halides is 2. The Morgan fingerprint density at radius 3 is 2.60 bits per heavy atom. The van der Waals surface area contributed by atoms with E-state index in [2.05, 4.69) is 15.9 Å². The van der Waals surface area contributed by atoms with E-state index in [0.717, 1.165) is 10.0 Å². The standard InChI is InChI=1S/C10H12BrF2NO/c1-6(14)8-3-2-7(4-9(8)11)15-5-10(12)13/h2-4,6,10H,5,14H2,1H3. The molecule has 0 aliphatic rings. The van der Waals surface area contributed by atoms with Crippen molar-refractivity contribution in [1.82, 2.24) is 0 Å². The summed E-state index contributed by atoms with van der Waals surface area (Å²) in [6, 6.07) is 4.92. The minimum absolute atomic E-state index is 0.108. The van der Waals surface area contributed by atoms with Gasteiger partial charge in [-0.2, -0.15) is 0 Å². The summed E-state index contributed by atoms with van der Waals surface area (Å²) in [5.41, 5.74) is 6.61. The van der Waals surface area contributed by atoms with E-state index in [0.29, 0.717) is 5.75 Å². The first-order valence-electron chi connectivity index (χ1n) is 4.46. The number of nitrogens with two attached hydrogens (primary N) is 1. The van der Waals surface area contributed by atoms with Gasteiger partial charge in [0.25, 0.3) is 6.43 Å². The lowest BCUT2D eigenvalue weighted by Gasteiger charge is -2.11. The lowest BCUT2D eigenvalue weighted by Crippen LogP contribution is -2.08. The maximum absolute atomic E-state index is 11.9. The third kappa shape index (κ3) is 3.76. The lowest BCUT2D eigenvalue weighted by molar-refractivity contribution is 0.0818. The third-order valence-electron chi connectivity index (χ3n) is 1.84. The van der Waals surface area contributed by atoms with Crippen LogP contribution in [0.4, 0.5) is 8.78 Å². The Labute approximate surface area is 95.5 Å². The number of rotatable bonds is 4. The maximum Gasteiger partial charge on any atom is 0.272 e. The fourth-order valence-electron chi connectivity index (χ4n) is 1.13. The van der Waals surface area contributed by atoms with E-state index >= 15 is 0 Å². The van der Waals surface area contributed by atoms with Crippen LogP contribution in [0.25, 0.3) is 0 Å². The fourth-order valence-corrected chi connectivity index (χ4v) is 1.85. The predicted octanol–water partition coefficient (Wildman–Crippen LogP) is 3.11. The molecule has 1 atom stereocenters. The van der Waals surface area contributed by atoms with Gasteiger partial charge in [-0.1, -0.05) is 22.0 Å². The summed E-state index contributed by atoms with van der Waals surface area (Å²) < 4.78 is 29.4. The zero-order valence-corrected chi connectivity index (χ0v) is 9.80. The van der Waals surface area contributed by atoms with Gasteiger partial charge >= 0.3 is 0 Å². The van der Waals surface area contributed by atoms with E-state index in [9.17, 15) is 8.78 Å². The highest BCUT2D eigenvalue weighted by Crippen LogP contribution is 2.26. The van der Waals surface area contributed by atoms with Crippen LogP contribution < -0.4 is 10.5 Å². The van der Waals surface area contributed by atoms with Gasteiger partial charge < -0.3 is 10.5 Å². The molecule has 0 bridgehead atoms. The normalized spacial score (nSPS) is 12.9. The molecule has 15 heavy (non-hydrogen) atoms. The van der Waals surface area contributed by atoms with Crippen LogP contribution in [0, 0.1) is 0 Å². The topological polar surface area (TPSA) is 35.2 Å². The lowest BCUT2D eigenvalue weighted by atomic mass is 10.1. The number of hydrogen-bond acceptors (Lipinski definition) is 2. The van der Waals surface area contributed by atoms with Crippen LogP contribution in [0.3, 0.4) is 0 Å². The molecule has 0 saturated heterocycles. The summed E-state index contributed by atoms with van der Waals surface area (Å²) in [6.45, 7) is 1.25. The van der Waals surface area contributed by atoms with Crippen molar-refractivity contribution in [2.75, 3.05) is 6.61 Å². The molecule has 0 radical (unpaired) electrons. The molecule has 0 aliphatic heterocycles. The quantitative estimate of drug-likeness (QED) is 0.919. The number of ether oxygens (including phenoxy) is 1. The molecule has 84 valence electrons. The minimum atomic E-state index is -2.46. The van der Waals surface area contributed by atoms with Gasteiger partial charge in [0.2, 0.25) is 0 Å². The third-order valence-corrected chi connectivity index (χ3v) is 2.53. The first-order chi connectivity index (χ1) is 7.00. The first kappa shape index (κ1) is 12.4. The van der Waals surface area contributed by atoms with Gasteiger partial charge in [-0.3, -0.25) is 0 Å². The van der Waals surface area contributed by atoms with Crippen molar-refractivity contribution in [2.45, 2.75) is 19.4 Å². The highest BCUT2D eigenvalue weighted by atomic mass is 79.9. The van der Waals surface area contributed by atoms with Crippen molar-refractivity contribution in [2.24, 2.45) is 5.73 Å². The molecule has 0 aliphatic carbocycles. The summed E-state index contributed by atoms with van der Waals surface area (Å²) in [4.78, 5) is 0. The Hall–Kier alpha value is -0.680. The molecule has 1 rings (SSSR count). The van der Waals surface area contributed by atoms with Crippen LogP contribution in [0.15, 0.2) is 22.7 Å². The minimum Gasteiger partial charge on any atom is -0.488 e. The molecular formula is C10H12BrF2NO. The molecule has 1 aromatic carbocycles. The van der Waals surface area contributed by atoms with Crippen LogP contribution in [-0.2, 0) is 0 Å². The number of halogens is 3. The Balaban J connectivity index is 2.73. The Morgan fingerprint density at radius 2 is 2.13 bits per heavy atom. The van der Waals surface area contributed by atoms with E-state index in [1.54, 1.807) is 18.2 Å². The van der Waals surface area contributed by atoms with Gasteiger partial charge in [0.1, 0.15) is 12.4 Å². The van der Waals surface area contributed by atoms with E-state index in [1.165, 1.54) is 0 Å². The molecular weight excluding hydrogens is 268 g/mol. The predicted molar refractivity (Wildman–Crippen MR) is 58.2 cm³/mol. The van der Waals surface area contributed by atoms with Crippen LogP contribution in [0.2, 0.25) is 0 Å². The Bertz CT molecular complexity index is 331. The van der Waals surface area contributed by atoms with Crippen LogP contribution in [0.1, 0.15) is 18.5 Å². The van der Waals surface area contributed by atoms with Crippen LogP contribution >= 0.6 is 15.9 Å². The van der Waals surface area contributed by atoms with Gasteiger partial charge in [-0.05, 0) is 24.6 Å². The van der Waals surface area contributed by atoms with Crippen molar-refractivity contribution < 1.29 is 13.5 Å². The second kappa shape index (κ2) is 5.42. The molecule has 1 unspecified atom stereocenters. The molecule has 2 nitrogen and oxygen atoms in total. The van der Waals surface area contributed by atoms with Crippen molar-refractivity contribution in [3.05, 3.63) is 28.2 Å². The highest BCUT2D eigenvalue weighted by Gasteiger charge is 2.08. The van der Waals surface area contributed by atoms with Gasteiger partial charge in [0, 0.05) is 10.5 Å². The second-order valence-electron chi connectivity index (χ2n) is 3.17. The molecule has 1 aromatic rings. The fraction of sp³-hybridized carbons (Fsp3) is 0.400. The smallest absolute Gasteiger partial charge is 0.272 e. The summed E-state index contributed by atoms with van der Waals surface area (Å²) in [6.07, 6.45) is -2.46. The average molecular weight is 280 g/mol. The molecule has 2 N–H and O–H groups in total. The van der Waals surface area contributed by atoms with E-state index < -0.39 is 13.0 Å². The maximum atomic E-state index is 11.9. The van der Waals surface area contributed by atoms with E-state index in [-0.39, 0.29) is 6.04 Å². The van der Waals surface area contributed by atoms with Crippen LogP contribution in [0.5, 0.6) is 5.75 Å². The molecule has 5 heteroatoms. The van der Waals surface area contributed by atoms with E-state index in [1.807, 2.05) is 6.92 Å². The van der Waals surface area contributed by atoms with Gasteiger partial charge in [-0.25, -0.2) is 8.78 Å². The first-order valence-corrected chi connectivity index (χ1v) is 5.26. The van der Waals surface area contributed by atoms with Crippen molar-refractivity contribution >= 4 is 15.9 Å². The SMILES string of the molecule is CC(N)c1ccc(OCC(F)F)cc1Br. The summed E-state index contributed by atoms with van der Waals surface area (Å²) in [5, 5.41) is 0. The van der Waals surface area contributed by atoms with Gasteiger partial charge in [-0.15, -0.1) is 0 Å². The summed E-state index contributed by atoms with van der Waals surface area (Å²) in [7, 11) is 0. The Morgan fingerprint density at radius 1 is 1.47 bits per heavy atom. The van der Waals surface area contributed by atoms with Crippen LogP contribution in [-0.4, -0.2) is 13.0 Å². The summed E-state index contributed by atoms with van der Waals surface area (Å²) >= 11 is 3.31. The molecule has 0 heterocycles. The summed E-state index contributed by atoms with van der Waals surface area (Å²) in [5.74, 6) is 0.409. The van der Waals surface area contributed by atoms with Crippen molar-refractivity contribution in [3.63, 3.8) is 0 Å². The number of benzene rings is 1. The average Bonchev–Trinajstić information content (AvgIpc) is 2.14. The zero-order chi connectivity index (χ0) is 11.4. The molecule has 0 amide bonds. The molecule has 0 spiro atoms. The number of hydrogen-bond donors (Lipinski definition) is 1. The largest absolute Gasteiger partial charge is 0.488 e. The molecule has 0 saturated carbocycles.